The van der Waals surface area contributed by atoms with Crippen molar-refractivity contribution in [2.45, 2.75) is 18.1 Å². The van der Waals surface area contributed by atoms with Crippen LogP contribution in [-0.2, 0) is 14.6 Å². The van der Waals surface area contributed by atoms with Gasteiger partial charge in [-0.2, -0.15) is 11.8 Å². The molecule has 1 atom stereocenters. The van der Waals surface area contributed by atoms with Gasteiger partial charge in [-0.1, -0.05) is 0 Å². The predicted octanol–water partition coefficient (Wildman–Crippen LogP) is 0.381. The van der Waals surface area contributed by atoms with Crippen LogP contribution in [0.2, 0.25) is 0 Å². The number of carboxylic acid groups (broad SMARTS) is 1. The van der Waals surface area contributed by atoms with Crippen LogP contribution in [0.1, 0.15) is 12.8 Å². The predicted molar refractivity (Wildman–Crippen MR) is 51.8 cm³/mol. The molecule has 13 heavy (non-hydrogen) atoms. The molecule has 1 rings (SSSR count). The second-order valence-electron chi connectivity index (χ2n) is 3.04. The van der Waals surface area contributed by atoms with Crippen molar-refractivity contribution in [3.8, 4) is 0 Å². The fourth-order valence-corrected chi connectivity index (χ4v) is 4.82. The van der Waals surface area contributed by atoms with Gasteiger partial charge in [-0.05, 0) is 6.42 Å². The molecule has 0 bridgehead atoms. The van der Waals surface area contributed by atoms with Crippen molar-refractivity contribution in [3.05, 3.63) is 0 Å². The number of rotatable bonds is 4. The van der Waals surface area contributed by atoms with E-state index in [1.54, 1.807) is 0 Å². The van der Waals surface area contributed by atoms with E-state index in [0.29, 0.717) is 12.2 Å². The number of carbonyl (C=O) groups is 1. The highest BCUT2D eigenvalue weighted by atomic mass is 32.2. The summed E-state index contributed by atoms with van der Waals surface area (Å²) in [6.07, 6.45) is 0.786. The lowest BCUT2D eigenvalue weighted by molar-refractivity contribution is -0.136. The Morgan fingerprint density at radius 1 is 1.54 bits per heavy atom. The maximum atomic E-state index is 11.0. The normalized spacial score (nSPS) is 26.0. The van der Waals surface area contributed by atoms with Gasteiger partial charge in [0.1, 0.15) is 0 Å². The molecule has 1 saturated heterocycles. The van der Waals surface area contributed by atoms with Gasteiger partial charge < -0.3 is 5.11 Å². The summed E-state index contributed by atoms with van der Waals surface area (Å²) in [6, 6.07) is 0. The van der Waals surface area contributed by atoms with Crippen molar-refractivity contribution >= 4 is 27.6 Å². The summed E-state index contributed by atoms with van der Waals surface area (Å²) in [5.74, 6) is 0.165. The topological polar surface area (TPSA) is 71.4 Å². The third kappa shape index (κ3) is 3.99. The summed E-state index contributed by atoms with van der Waals surface area (Å²) in [6.45, 7) is 0. The number of carboxylic acids is 1. The Bertz CT molecular complexity index is 283. The van der Waals surface area contributed by atoms with Gasteiger partial charge >= 0.3 is 5.97 Å². The molecule has 0 aromatic carbocycles. The maximum Gasteiger partial charge on any atom is 0.304 e. The molecule has 1 unspecified atom stereocenters. The molecular weight excluding hydrogens is 212 g/mol. The van der Waals surface area contributed by atoms with Gasteiger partial charge in [-0.15, -0.1) is 0 Å². The molecular formula is C7H12O4S2. The van der Waals surface area contributed by atoms with E-state index in [-0.39, 0.29) is 23.2 Å². The fraction of sp³-hybridized carbons (Fsp3) is 0.857. The molecule has 1 N–H and O–H groups in total. The highest BCUT2D eigenvalue weighted by molar-refractivity contribution is 8.01. The van der Waals surface area contributed by atoms with Gasteiger partial charge in [0.25, 0.3) is 0 Å². The first-order valence-electron chi connectivity index (χ1n) is 4.03. The van der Waals surface area contributed by atoms with Gasteiger partial charge in [0, 0.05) is 11.0 Å². The van der Waals surface area contributed by atoms with Crippen molar-refractivity contribution in [2.24, 2.45) is 0 Å². The SMILES string of the molecule is O=C(O)CCSC1CCS(=O)(=O)C1. The van der Waals surface area contributed by atoms with Gasteiger partial charge in [-0.25, -0.2) is 8.42 Å². The van der Waals surface area contributed by atoms with E-state index < -0.39 is 15.8 Å². The van der Waals surface area contributed by atoms with Gasteiger partial charge in [0.05, 0.1) is 17.9 Å². The number of sulfone groups is 1. The largest absolute Gasteiger partial charge is 0.481 e. The Hall–Kier alpha value is -0.230. The van der Waals surface area contributed by atoms with E-state index in [2.05, 4.69) is 0 Å². The zero-order valence-corrected chi connectivity index (χ0v) is 8.73. The average molecular weight is 224 g/mol. The second-order valence-corrected chi connectivity index (χ2v) is 6.68. The van der Waals surface area contributed by atoms with Crippen LogP contribution in [0.25, 0.3) is 0 Å². The first kappa shape index (κ1) is 10.8. The van der Waals surface area contributed by atoms with Crippen LogP contribution in [0.15, 0.2) is 0 Å². The molecule has 76 valence electrons. The first-order valence-corrected chi connectivity index (χ1v) is 6.90. The van der Waals surface area contributed by atoms with Crippen LogP contribution in [0.4, 0.5) is 0 Å². The number of thioether (sulfide) groups is 1. The zero-order valence-electron chi connectivity index (χ0n) is 7.10. The van der Waals surface area contributed by atoms with E-state index in [1.165, 1.54) is 11.8 Å². The highest BCUT2D eigenvalue weighted by Gasteiger charge is 2.27. The lowest BCUT2D eigenvalue weighted by Gasteiger charge is -2.04. The van der Waals surface area contributed by atoms with Crippen molar-refractivity contribution in [1.82, 2.24) is 0 Å². The monoisotopic (exact) mass is 224 g/mol. The molecule has 6 heteroatoms. The molecule has 0 amide bonds. The van der Waals surface area contributed by atoms with E-state index >= 15 is 0 Å². The molecule has 4 nitrogen and oxygen atoms in total. The van der Waals surface area contributed by atoms with Crippen LogP contribution in [0, 0.1) is 0 Å². The van der Waals surface area contributed by atoms with E-state index in [4.69, 9.17) is 5.11 Å². The summed E-state index contributed by atoms with van der Waals surface area (Å²) in [7, 11) is -2.81. The quantitative estimate of drug-likeness (QED) is 0.747. The molecule has 0 aromatic heterocycles. The van der Waals surface area contributed by atoms with E-state index in [9.17, 15) is 13.2 Å². The van der Waals surface area contributed by atoms with Crippen LogP contribution >= 0.6 is 11.8 Å². The summed E-state index contributed by atoms with van der Waals surface area (Å²) >= 11 is 1.45. The first-order chi connectivity index (χ1) is 5.99. The molecule has 1 aliphatic heterocycles. The van der Waals surface area contributed by atoms with Gasteiger partial charge in [0.15, 0.2) is 9.84 Å². The molecule has 0 aromatic rings. The van der Waals surface area contributed by atoms with Crippen LogP contribution in [-0.4, -0.2) is 42.0 Å². The molecule has 0 aliphatic carbocycles. The highest BCUT2D eigenvalue weighted by Crippen LogP contribution is 2.24. The lowest BCUT2D eigenvalue weighted by Crippen LogP contribution is -2.08. The number of hydrogen-bond donors (Lipinski definition) is 1. The van der Waals surface area contributed by atoms with Crippen molar-refractivity contribution in [2.75, 3.05) is 17.3 Å². The molecule has 0 spiro atoms. The Balaban J connectivity index is 2.22. The fourth-order valence-electron chi connectivity index (χ4n) is 1.21. The Kier molecular flexibility index (Phi) is 3.61. The Morgan fingerprint density at radius 2 is 2.23 bits per heavy atom. The third-order valence-electron chi connectivity index (χ3n) is 1.86. The number of hydrogen-bond acceptors (Lipinski definition) is 4. The van der Waals surface area contributed by atoms with Crippen molar-refractivity contribution < 1.29 is 18.3 Å². The molecule has 0 saturated carbocycles. The standard InChI is InChI=1S/C7H12O4S2/c8-7(9)1-3-12-6-2-4-13(10,11)5-6/h6H,1-5H2,(H,8,9). The maximum absolute atomic E-state index is 11.0. The Morgan fingerprint density at radius 3 is 2.69 bits per heavy atom. The van der Waals surface area contributed by atoms with Crippen molar-refractivity contribution in [3.63, 3.8) is 0 Å². The Labute approximate surface area is 81.6 Å². The van der Waals surface area contributed by atoms with Gasteiger partial charge in [-0.3, -0.25) is 4.79 Å². The second kappa shape index (κ2) is 4.32. The summed E-state index contributed by atoms with van der Waals surface area (Å²) < 4.78 is 22.0. The summed E-state index contributed by atoms with van der Waals surface area (Å²) in [4.78, 5) is 10.2. The average Bonchev–Trinajstić information content (AvgIpc) is 2.29. The molecule has 1 fully saturated rings. The van der Waals surface area contributed by atoms with Crippen LogP contribution < -0.4 is 0 Å². The van der Waals surface area contributed by atoms with Gasteiger partial charge in [0.2, 0.25) is 0 Å². The minimum atomic E-state index is -2.81. The smallest absolute Gasteiger partial charge is 0.304 e. The molecule has 1 heterocycles. The summed E-state index contributed by atoms with van der Waals surface area (Å²) in [5, 5.41) is 8.47. The summed E-state index contributed by atoms with van der Waals surface area (Å²) in [5.41, 5.74) is 0. The minimum absolute atomic E-state index is 0.112. The van der Waals surface area contributed by atoms with E-state index in [0.717, 1.165) is 0 Å². The van der Waals surface area contributed by atoms with Crippen LogP contribution in [0.3, 0.4) is 0 Å². The third-order valence-corrected chi connectivity index (χ3v) is 5.15. The van der Waals surface area contributed by atoms with E-state index in [1.807, 2.05) is 0 Å². The lowest BCUT2D eigenvalue weighted by atomic mass is 10.4. The van der Waals surface area contributed by atoms with Crippen LogP contribution in [0.5, 0.6) is 0 Å². The molecule has 1 aliphatic rings. The minimum Gasteiger partial charge on any atom is -0.481 e. The molecule has 0 radical (unpaired) electrons. The zero-order chi connectivity index (χ0) is 9.90. The van der Waals surface area contributed by atoms with Crippen molar-refractivity contribution in [1.29, 1.82) is 0 Å². The number of aliphatic carboxylic acids is 1.